The van der Waals surface area contributed by atoms with Crippen LogP contribution in [0.4, 0.5) is 27.6 Å². The van der Waals surface area contributed by atoms with E-state index in [0.717, 1.165) is 5.56 Å². The second-order valence-electron chi connectivity index (χ2n) is 7.60. The van der Waals surface area contributed by atoms with Crippen LogP contribution in [0.1, 0.15) is 33.3 Å². The highest BCUT2D eigenvalue weighted by Gasteiger charge is 2.27. The fourth-order valence-electron chi connectivity index (χ4n) is 3.40. The van der Waals surface area contributed by atoms with E-state index in [9.17, 15) is 26.7 Å². The predicted molar refractivity (Wildman–Crippen MR) is 114 cm³/mol. The van der Waals surface area contributed by atoms with Crippen LogP contribution in [0.25, 0.3) is 0 Å². The number of rotatable bonds is 7. The quantitative estimate of drug-likeness (QED) is 0.206. The zero-order valence-corrected chi connectivity index (χ0v) is 18.5. The van der Waals surface area contributed by atoms with Crippen molar-refractivity contribution >= 4 is 11.6 Å². The molecule has 182 valence electrons. The lowest BCUT2D eigenvalue weighted by Gasteiger charge is -2.09. The molecule has 0 bridgehead atoms. The van der Waals surface area contributed by atoms with Crippen LogP contribution in [-0.2, 0) is 13.2 Å². The monoisotopic (exact) mass is 491 g/mol. The Kier molecular flexibility index (Phi) is 6.59. The van der Waals surface area contributed by atoms with Crippen molar-refractivity contribution in [2.24, 2.45) is 0 Å². The van der Waals surface area contributed by atoms with Crippen LogP contribution >= 0.6 is 0 Å². The smallest absolute Gasteiger partial charge is 0.291 e. The van der Waals surface area contributed by atoms with Gasteiger partial charge in [0.25, 0.3) is 5.91 Å². The molecule has 0 saturated heterocycles. The van der Waals surface area contributed by atoms with Crippen LogP contribution in [0.15, 0.2) is 46.9 Å². The van der Waals surface area contributed by atoms with Crippen molar-refractivity contribution in [3.63, 3.8) is 0 Å². The number of carbonyl (C=O) groups is 1. The summed E-state index contributed by atoms with van der Waals surface area (Å²) in [4.78, 5) is 12.7. The fourth-order valence-corrected chi connectivity index (χ4v) is 3.40. The highest BCUT2D eigenvalue weighted by molar-refractivity contribution is 6.02. The van der Waals surface area contributed by atoms with Crippen LogP contribution in [0.3, 0.4) is 0 Å². The number of furan rings is 1. The summed E-state index contributed by atoms with van der Waals surface area (Å²) in [6.07, 6.45) is 0. The molecule has 0 unspecified atom stereocenters. The molecule has 0 aliphatic rings. The van der Waals surface area contributed by atoms with E-state index in [0.29, 0.717) is 23.6 Å². The molecule has 0 aliphatic carbocycles. The Hall–Kier alpha value is -4.15. The van der Waals surface area contributed by atoms with Gasteiger partial charge in [-0.25, -0.2) is 13.2 Å². The Bertz CT molecular complexity index is 1370. The average Bonchev–Trinajstić information content (AvgIpc) is 3.42. The van der Waals surface area contributed by atoms with Gasteiger partial charge in [0.05, 0.1) is 23.6 Å². The molecule has 0 spiro atoms. The molecule has 1 amide bonds. The zero-order chi connectivity index (χ0) is 25.3. The number of carbonyl (C=O) groups excluding carboxylic acids is 1. The van der Waals surface area contributed by atoms with Crippen LogP contribution in [0.2, 0.25) is 0 Å². The maximum absolute atomic E-state index is 13.7. The largest absolute Gasteiger partial charge is 0.479 e. The van der Waals surface area contributed by atoms with Gasteiger partial charge in [-0.15, -0.1) is 0 Å². The molecule has 4 rings (SSSR count). The first-order valence-electron chi connectivity index (χ1n) is 10.3. The van der Waals surface area contributed by atoms with Gasteiger partial charge in [-0.05, 0) is 31.5 Å². The maximum atomic E-state index is 13.7. The van der Waals surface area contributed by atoms with Crippen molar-refractivity contribution in [1.82, 2.24) is 9.78 Å². The Morgan fingerprint density at radius 3 is 2.23 bits per heavy atom. The molecule has 2 aromatic heterocycles. The van der Waals surface area contributed by atoms with Crippen molar-refractivity contribution in [1.29, 1.82) is 0 Å². The van der Waals surface area contributed by atoms with Crippen molar-refractivity contribution in [2.75, 3.05) is 5.32 Å². The van der Waals surface area contributed by atoms with Crippen molar-refractivity contribution in [2.45, 2.75) is 27.0 Å². The fraction of sp³-hybridized carbons (Fsp3) is 0.167. The number of ether oxygens (including phenoxy) is 1. The Morgan fingerprint density at radius 1 is 0.943 bits per heavy atom. The summed E-state index contributed by atoms with van der Waals surface area (Å²) >= 11 is 0. The minimum absolute atomic E-state index is 0.0766. The number of nitrogens with one attached hydrogen (secondary N) is 1. The predicted octanol–water partition coefficient (Wildman–Crippen LogP) is 5.67. The van der Waals surface area contributed by atoms with Crippen LogP contribution in [0, 0.1) is 42.9 Å². The van der Waals surface area contributed by atoms with Gasteiger partial charge in [-0.3, -0.25) is 9.48 Å². The zero-order valence-electron chi connectivity index (χ0n) is 18.5. The lowest BCUT2D eigenvalue weighted by atomic mass is 10.2. The molecule has 11 heteroatoms. The molecule has 1 N–H and O–H groups in total. The van der Waals surface area contributed by atoms with E-state index < -0.39 is 47.3 Å². The number of benzene rings is 2. The molecule has 4 aromatic rings. The van der Waals surface area contributed by atoms with Gasteiger partial charge < -0.3 is 14.5 Å². The van der Waals surface area contributed by atoms with Crippen LogP contribution < -0.4 is 10.1 Å². The number of nitrogens with zero attached hydrogens (tertiary/aromatic N) is 2. The second-order valence-corrected chi connectivity index (χ2v) is 7.60. The number of hydrogen-bond donors (Lipinski definition) is 1. The first-order chi connectivity index (χ1) is 16.7. The van der Waals surface area contributed by atoms with E-state index in [-0.39, 0.29) is 11.5 Å². The molecule has 0 fully saturated rings. The van der Waals surface area contributed by atoms with Crippen LogP contribution in [-0.4, -0.2) is 15.7 Å². The lowest BCUT2D eigenvalue weighted by molar-refractivity contribution is 0.0992. The molecule has 6 nitrogen and oxygen atoms in total. The van der Waals surface area contributed by atoms with Gasteiger partial charge >= 0.3 is 0 Å². The first-order valence-corrected chi connectivity index (χ1v) is 10.3. The Labute approximate surface area is 195 Å². The van der Waals surface area contributed by atoms with Gasteiger partial charge in [0, 0.05) is 0 Å². The maximum Gasteiger partial charge on any atom is 0.291 e. The summed E-state index contributed by atoms with van der Waals surface area (Å²) in [7, 11) is 0. The van der Waals surface area contributed by atoms with Gasteiger partial charge in [-0.2, -0.15) is 13.9 Å². The normalized spacial score (nSPS) is 11.1. The standard InChI is InChI=1S/C24H18F5N3O3/c1-12-22(13(2)32(31-12)10-14-6-4-3-5-7-14)30-24(33)16-9-8-15(35-16)11-34-23-20(28)18(26)17(25)19(27)21(23)29/h3-9H,10-11H2,1-2H3,(H,30,33). The molecule has 2 heterocycles. The van der Waals surface area contributed by atoms with E-state index in [4.69, 9.17) is 9.15 Å². The average molecular weight is 491 g/mol. The third-order valence-corrected chi connectivity index (χ3v) is 5.21. The van der Waals surface area contributed by atoms with E-state index in [1.807, 2.05) is 30.3 Å². The summed E-state index contributed by atoms with van der Waals surface area (Å²) in [5, 5.41) is 7.16. The van der Waals surface area contributed by atoms with E-state index in [2.05, 4.69) is 10.4 Å². The topological polar surface area (TPSA) is 69.3 Å². The molecule has 0 atom stereocenters. The highest BCUT2D eigenvalue weighted by atomic mass is 19.2. The van der Waals surface area contributed by atoms with Crippen molar-refractivity contribution in [3.05, 3.63) is 100 Å². The molecule has 35 heavy (non-hydrogen) atoms. The number of aryl methyl sites for hydroxylation is 1. The molecule has 0 aliphatic heterocycles. The highest BCUT2D eigenvalue weighted by Crippen LogP contribution is 2.30. The molecular weight excluding hydrogens is 473 g/mol. The first kappa shape index (κ1) is 24.0. The Morgan fingerprint density at radius 2 is 1.57 bits per heavy atom. The van der Waals surface area contributed by atoms with Gasteiger partial charge in [0.1, 0.15) is 12.4 Å². The SMILES string of the molecule is Cc1nn(Cc2ccccc2)c(C)c1NC(=O)c1ccc(COc2c(F)c(F)c(F)c(F)c2F)o1. The number of halogens is 5. The van der Waals surface area contributed by atoms with Crippen molar-refractivity contribution < 1.29 is 35.9 Å². The number of anilines is 1. The van der Waals surface area contributed by atoms with Crippen LogP contribution in [0.5, 0.6) is 5.75 Å². The van der Waals surface area contributed by atoms with Crippen molar-refractivity contribution in [3.8, 4) is 5.75 Å². The minimum Gasteiger partial charge on any atom is -0.479 e. The number of hydrogen-bond acceptors (Lipinski definition) is 4. The van der Waals surface area contributed by atoms with Gasteiger partial charge in [-0.1, -0.05) is 30.3 Å². The molecular formula is C24H18F5N3O3. The summed E-state index contributed by atoms with van der Waals surface area (Å²) in [5.41, 5.74) is 2.80. The Balaban J connectivity index is 1.45. The number of amides is 1. The summed E-state index contributed by atoms with van der Waals surface area (Å²) in [5.74, 6) is -13.1. The van der Waals surface area contributed by atoms with E-state index in [1.165, 1.54) is 12.1 Å². The summed E-state index contributed by atoms with van der Waals surface area (Å²) < 4.78 is 79.1. The lowest BCUT2D eigenvalue weighted by Crippen LogP contribution is -2.12. The van der Waals surface area contributed by atoms with Gasteiger partial charge in [0.15, 0.2) is 11.5 Å². The third kappa shape index (κ3) is 4.75. The molecule has 2 aromatic carbocycles. The second kappa shape index (κ2) is 9.61. The molecule has 0 radical (unpaired) electrons. The van der Waals surface area contributed by atoms with E-state index >= 15 is 0 Å². The summed E-state index contributed by atoms with van der Waals surface area (Å²) in [6.45, 7) is 3.35. The minimum atomic E-state index is -2.29. The van der Waals surface area contributed by atoms with E-state index in [1.54, 1.807) is 18.5 Å². The summed E-state index contributed by atoms with van der Waals surface area (Å²) in [6, 6.07) is 12.2. The van der Waals surface area contributed by atoms with Gasteiger partial charge in [0.2, 0.25) is 29.1 Å². The number of aromatic nitrogens is 2. The third-order valence-electron chi connectivity index (χ3n) is 5.21. The molecule has 0 saturated carbocycles.